The van der Waals surface area contributed by atoms with Gasteiger partial charge in [-0.1, -0.05) is 74.5 Å². The smallest absolute Gasteiger partial charge is 0.264 e. The third-order valence-electron chi connectivity index (χ3n) is 11.4. The van der Waals surface area contributed by atoms with Crippen LogP contribution >= 0.6 is 0 Å². The lowest BCUT2D eigenvalue weighted by atomic mass is 9.63. The van der Waals surface area contributed by atoms with Crippen LogP contribution in [0.5, 0.6) is 5.75 Å². The van der Waals surface area contributed by atoms with E-state index in [1.165, 1.54) is 0 Å². The molecule has 2 amide bonds. The first-order valence-electron chi connectivity index (χ1n) is 17.9. The van der Waals surface area contributed by atoms with Crippen molar-refractivity contribution in [2.45, 2.75) is 76.2 Å². The summed E-state index contributed by atoms with van der Waals surface area (Å²) in [7, 11) is 1.66. The molecule has 0 bridgehead atoms. The van der Waals surface area contributed by atoms with Crippen molar-refractivity contribution >= 4 is 23.2 Å². The van der Waals surface area contributed by atoms with E-state index >= 15 is 0 Å². The maximum Gasteiger partial charge on any atom is 0.264 e. The van der Waals surface area contributed by atoms with Crippen LogP contribution in [0.4, 0.5) is 11.4 Å². The fourth-order valence-corrected chi connectivity index (χ4v) is 8.74. The number of hydrogen-bond acceptors (Lipinski definition) is 7. The summed E-state index contributed by atoms with van der Waals surface area (Å²) in [5, 5.41) is 19.6. The lowest BCUT2D eigenvalue weighted by Crippen LogP contribution is -2.46. The van der Waals surface area contributed by atoms with Crippen LogP contribution in [0.3, 0.4) is 0 Å². The van der Waals surface area contributed by atoms with E-state index in [1.807, 2.05) is 65.6 Å². The summed E-state index contributed by atoms with van der Waals surface area (Å²) in [5.41, 5.74) is 3.00. The van der Waals surface area contributed by atoms with Gasteiger partial charge in [-0.25, -0.2) is 0 Å². The first-order chi connectivity index (χ1) is 24.6. The highest BCUT2D eigenvalue weighted by Crippen LogP contribution is 2.60. The number of methoxy groups -OCH3 is 1. The van der Waals surface area contributed by atoms with Gasteiger partial charge in [-0.2, -0.15) is 0 Å². The quantitative estimate of drug-likeness (QED) is 0.183. The molecule has 0 unspecified atom stereocenters. The Hall–Kier alpha value is -4.80. The summed E-state index contributed by atoms with van der Waals surface area (Å²) in [6, 6.07) is 23.5. The molecule has 1 spiro atoms. The molecule has 4 aromatic rings. The molecule has 0 saturated carbocycles. The van der Waals surface area contributed by atoms with Crippen molar-refractivity contribution in [1.82, 2.24) is 15.0 Å². The Morgan fingerprint density at radius 1 is 1.10 bits per heavy atom. The van der Waals surface area contributed by atoms with Crippen LogP contribution in [-0.4, -0.2) is 58.2 Å². The van der Waals surface area contributed by atoms with E-state index in [0.29, 0.717) is 38.2 Å². The van der Waals surface area contributed by atoms with E-state index in [1.54, 1.807) is 29.0 Å². The van der Waals surface area contributed by atoms with Gasteiger partial charge >= 0.3 is 0 Å². The van der Waals surface area contributed by atoms with Crippen LogP contribution < -0.4 is 14.5 Å². The Bertz CT molecular complexity index is 1910. The van der Waals surface area contributed by atoms with Crippen LogP contribution in [0.25, 0.3) is 0 Å². The third-order valence-corrected chi connectivity index (χ3v) is 11.4. The molecule has 3 aromatic carbocycles. The van der Waals surface area contributed by atoms with Crippen LogP contribution in [-0.2, 0) is 31.9 Å². The molecule has 3 aliphatic heterocycles. The average Bonchev–Trinajstić information content (AvgIpc) is 3.81. The van der Waals surface area contributed by atoms with Gasteiger partial charge in [0.1, 0.15) is 17.5 Å². The van der Waals surface area contributed by atoms with Crippen LogP contribution in [0.15, 0.2) is 91.6 Å². The molecule has 10 heteroatoms. The van der Waals surface area contributed by atoms with Gasteiger partial charge in [-0.05, 0) is 66.1 Å². The van der Waals surface area contributed by atoms with Gasteiger partial charge in [0.25, 0.3) is 5.91 Å². The molecular weight excluding hydrogens is 642 g/mol. The predicted molar refractivity (Wildman–Crippen MR) is 196 cm³/mol. The summed E-state index contributed by atoms with van der Waals surface area (Å²) in [6.07, 6.45) is 5.16. The number of carbonyl (C=O) groups is 2. The first-order valence-corrected chi connectivity index (χ1v) is 17.9. The summed E-state index contributed by atoms with van der Waals surface area (Å²) >= 11 is 0. The Kier molecular flexibility index (Phi) is 9.32. The number of aromatic nitrogens is 3. The zero-order valence-electron chi connectivity index (χ0n) is 29.9. The maximum absolute atomic E-state index is 14.9. The zero-order valence-corrected chi connectivity index (χ0v) is 29.9. The van der Waals surface area contributed by atoms with Crippen LogP contribution in [0, 0.1) is 11.8 Å². The van der Waals surface area contributed by atoms with Crippen molar-refractivity contribution in [3.8, 4) is 5.75 Å². The van der Waals surface area contributed by atoms with Crippen molar-refractivity contribution in [3.05, 3.63) is 114 Å². The number of fused-ring (bicyclic) bond motifs is 2. The number of aryl methyl sites for hydroxylation is 1. The number of piperidine rings is 1. The lowest BCUT2D eigenvalue weighted by Gasteiger charge is -2.39. The van der Waals surface area contributed by atoms with Gasteiger partial charge in [-0.3, -0.25) is 14.3 Å². The Morgan fingerprint density at radius 3 is 2.57 bits per heavy atom. The fourth-order valence-electron chi connectivity index (χ4n) is 8.74. The summed E-state index contributed by atoms with van der Waals surface area (Å²) < 4.78 is 14.5. The second-order valence-corrected chi connectivity index (χ2v) is 14.6. The number of benzene rings is 3. The highest BCUT2D eigenvalue weighted by molar-refractivity contribution is 6.08. The van der Waals surface area contributed by atoms with E-state index in [-0.39, 0.29) is 29.8 Å². The molecule has 3 aliphatic rings. The summed E-state index contributed by atoms with van der Waals surface area (Å²) in [4.78, 5) is 31.5. The molecule has 5 atom stereocenters. The molecule has 1 aromatic heterocycles. The molecule has 7 rings (SSSR count). The first kappa shape index (κ1) is 34.6. The normalized spacial score (nSPS) is 23.9. The predicted octanol–water partition coefficient (Wildman–Crippen LogP) is 6.33. The molecule has 2 fully saturated rings. The second kappa shape index (κ2) is 13.7. The SMILES string of the molecule is C=CCN1C(=O)[C@@]2(O[C@@H](CCn3cc([C@H](O)c4ccccc4)nn3)[C@H](C(C)(C)c3ccc(OC)cc3)[C@H]2C)c2cc(N3CCCCC3=O)ccc21. The highest BCUT2D eigenvalue weighted by atomic mass is 16.5. The number of rotatable bonds is 11. The minimum absolute atomic E-state index is 0.101. The van der Waals surface area contributed by atoms with Gasteiger partial charge in [0.15, 0.2) is 5.60 Å². The van der Waals surface area contributed by atoms with Gasteiger partial charge < -0.3 is 24.4 Å². The number of amides is 2. The van der Waals surface area contributed by atoms with Crippen LogP contribution in [0.1, 0.15) is 74.9 Å². The molecule has 2 saturated heterocycles. The van der Waals surface area contributed by atoms with E-state index in [0.717, 1.165) is 46.7 Å². The largest absolute Gasteiger partial charge is 0.497 e. The number of aliphatic hydroxyl groups is 1. The molecule has 1 N–H and O–H groups in total. The maximum atomic E-state index is 14.9. The van der Waals surface area contributed by atoms with Crippen molar-refractivity contribution in [2.24, 2.45) is 11.8 Å². The standard InChI is InChI=1S/C41H47N5O5/c1-6-22-46-34-20-17-30(45-23-11-10-14-36(45)47)25-32(34)41(39(46)49)27(2)37(40(3,4)29-15-18-31(50-5)19-16-29)35(51-41)21-24-44-26-33(42-43-44)38(48)28-12-8-7-9-13-28/h6-9,12-13,15-20,25-27,35,37-38,48H,1,10-11,14,21-24H2,2-5H3/t27-,35+,37-,38-,41+/m1/s1. The van der Waals surface area contributed by atoms with Crippen molar-refractivity contribution in [2.75, 3.05) is 30.0 Å². The Balaban J connectivity index is 1.28. The van der Waals surface area contributed by atoms with Crippen LogP contribution in [0.2, 0.25) is 0 Å². The zero-order chi connectivity index (χ0) is 35.9. The number of nitrogens with zero attached hydrogens (tertiary/aromatic N) is 5. The van der Waals surface area contributed by atoms with Gasteiger partial charge in [0, 0.05) is 49.1 Å². The lowest BCUT2D eigenvalue weighted by molar-refractivity contribution is -0.146. The van der Waals surface area contributed by atoms with E-state index in [4.69, 9.17) is 9.47 Å². The molecule has 266 valence electrons. The van der Waals surface area contributed by atoms with E-state index in [9.17, 15) is 14.7 Å². The fraction of sp³-hybridized carbons (Fsp3) is 0.415. The third kappa shape index (κ3) is 5.94. The van der Waals surface area contributed by atoms with Gasteiger partial charge in [0.2, 0.25) is 5.91 Å². The Labute approximate surface area is 299 Å². The molecule has 0 radical (unpaired) electrons. The summed E-state index contributed by atoms with van der Waals surface area (Å²) in [6.45, 7) is 12.0. The molecular formula is C41H47N5O5. The highest BCUT2D eigenvalue weighted by Gasteiger charge is 2.65. The number of carbonyl (C=O) groups excluding carboxylic acids is 2. The van der Waals surface area contributed by atoms with Gasteiger partial charge in [-0.15, -0.1) is 11.7 Å². The minimum atomic E-state index is -1.27. The van der Waals surface area contributed by atoms with Gasteiger partial charge in [0.05, 0.1) is 25.1 Å². The number of hydrogen-bond donors (Lipinski definition) is 1. The molecule has 4 heterocycles. The molecule has 51 heavy (non-hydrogen) atoms. The van der Waals surface area contributed by atoms with E-state index < -0.39 is 17.1 Å². The average molecular weight is 690 g/mol. The number of anilines is 2. The van der Waals surface area contributed by atoms with Crippen molar-refractivity contribution in [3.63, 3.8) is 0 Å². The second-order valence-electron chi connectivity index (χ2n) is 14.6. The van der Waals surface area contributed by atoms with Crippen molar-refractivity contribution in [1.29, 1.82) is 0 Å². The van der Waals surface area contributed by atoms with E-state index in [2.05, 4.69) is 49.8 Å². The monoisotopic (exact) mass is 689 g/mol. The topological polar surface area (TPSA) is 110 Å². The molecule has 10 nitrogen and oxygen atoms in total. The summed E-state index contributed by atoms with van der Waals surface area (Å²) in [5.74, 6) is 0.407. The Morgan fingerprint density at radius 2 is 1.86 bits per heavy atom. The van der Waals surface area contributed by atoms with Crippen molar-refractivity contribution < 1.29 is 24.2 Å². The minimum Gasteiger partial charge on any atom is -0.497 e. The number of aliphatic hydroxyl groups excluding tert-OH is 1. The number of ether oxygens (including phenoxy) is 2. The molecule has 0 aliphatic carbocycles.